The smallest absolute Gasteiger partial charge is 0.309 e. The monoisotopic (exact) mass is 196 g/mol. The maximum absolute atomic E-state index is 10.3. The molecular weight excluding hydrogens is 192 g/mol. The van der Waals surface area contributed by atoms with Crippen LogP contribution >= 0.6 is 11.6 Å². The van der Waals surface area contributed by atoms with Gasteiger partial charge in [-0.15, -0.1) is 0 Å². The van der Waals surface area contributed by atoms with Gasteiger partial charge in [-0.25, -0.2) is 4.98 Å². The fraction of sp³-hybridized carbons (Fsp3) is 0.125. The number of pyridine rings is 1. The molecule has 4 nitrogen and oxygen atoms in total. The standard InChI is InChI=1S/C8H5ClN2O2/c9-7-2-5(4-10)1-6(11-7)3-8(12)13/h1-2H,3H2,(H,12,13). The molecule has 0 aliphatic heterocycles. The molecule has 0 bridgehead atoms. The fourth-order valence-electron chi connectivity index (χ4n) is 0.861. The van der Waals surface area contributed by atoms with Crippen molar-refractivity contribution in [2.45, 2.75) is 6.42 Å². The summed E-state index contributed by atoms with van der Waals surface area (Å²) < 4.78 is 0. The second-order valence-electron chi connectivity index (χ2n) is 2.35. The average molecular weight is 197 g/mol. The average Bonchev–Trinajstić information content (AvgIpc) is 2.01. The lowest BCUT2D eigenvalue weighted by Crippen LogP contribution is -2.02. The molecule has 0 atom stereocenters. The van der Waals surface area contributed by atoms with E-state index in [2.05, 4.69) is 4.98 Å². The van der Waals surface area contributed by atoms with Gasteiger partial charge in [0.2, 0.25) is 0 Å². The van der Waals surface area contributed by atoms with E-state index in [0.717, 1.165) is 0 Å². The van der Waals surface area contributed by atoms with Crippen LogP contribution in [0, 0.1) is 11.3 Å². The van der Waals surface area contributed by atoms with Crippen molar-refractivity contribution in [3.05, 3.63) is 28.5 Å². The Morgan fingerprint density at radius 3 is 2.92 bits per heavy atom. The molecule has 1 heterocycles. The Labute approximate surface area is 79.4 Å². The van der Waals surface area contributed by atoms with E-state index >= 15 is 0 Å². The number of carbonyl (C=O) groups is 1. The Kier molecular flexibility index (Phi) is 2.83. The third kappa shape index (κ3) is 2.73. The van der Waals surface area contributed by atoms with Gasteiger partial charge in [-0.3, -0.25) is 4.79 Å². The van der Waals surface area contributed by atoms with Crippen LogP contribution in [-0.4, -0.2) is 16.1 Å². The van der Waals surface area contributed by atoms with Crippen LogP contribution in [0.1, 0.15) is 11.3 Å². The van der Waals surface area contributed by atoms with Crippen LogP contribution in [0.4, 0.5) is 0 Å². The van der Waals surface area contributed by atoms with Gasteiger partial charge in [-0.1, -0.05) is 11.6 Å². The number of nitriles is 1. The van der Waals surface area contributed by atoms with Crippen molar-refractivity contribution in [2.24, 2.45) is 0 Å². The van der Waals surface area contributed by atoms with E-state index in [0.29, 0.717) is 5.56 Å². The summed E-state index contributed by atoms with van der Waals surface area (Å²) in [5.41, 5.74) is 0.604. The van der Waals surface area contributed by atoms with Gasteiger partial charge in [0, 0.05) is 0 Å². The molecule has 5 heteroatoms. The molecule has 0 aromatic carbocycles. The summed E-state index contributed by atoms with van der Waals surface area (Å²) in [6.07, 6.45) is -0.227. The van der Waals surface area contributed by atoms with Crippen molar-refractivity contribution in [3.63, 3.8) is 0 Å². The second kappa shape index (κ2) is 3.87. The third-order valence-electron chi connectivity index (χ3n) is 1.31. The molecule has 0 unspecified atom stereocenters. The van der Waals surface area contributed by atoms with Crippen molar-refractivity contribution in [3.8, 4) is 6.07 Å². The molecule has 0 spiro atoms. The number of hydrogen-bond donors (Lipinski definition) is 1. The fourth-order valence-corrected chi connectivity index (χ4v) is 1.09. The molecule has 1 aromatic rings. The highest BCUT2D eigenvalue weighted by molar-refractivity contribution is 6.29. The van der Waals surface area contributed by atoms with Crippen LogP contribution in [-0.2, 0) is 11.2 Å². The van der Waals surface area contributed by atoms with Crippen LogP contribution < -0.4 is 0 Å². The number of hydrogen-bond acceptors (Lipinski definition) is 3. The first kappa shape index (κ1) is 9.49. The van der Waals surface area contributed by atoms with Crippen molar-refractivity contribution in [1.82, 2.24) is 4.98 Å². The normalized spacial score (nSPS) is 9.23. The minimum absolute atomic E-state index is 0.135. The Balaban J connectivity index is 3.03. The van der Waals surface area contributed by atoms with Gasteiger partial charge in [-0.2, -0.15) is 5.26 Å². The quantitative estimate of drug-likeness (QED) is 0.722. The van der Waals surface area contributed by atoms with Crippen molar-refractivity contribution in [2.75, 3.05) is 0 Å². The van der Waals surface area contributed by atoms with E-state index in [9.17, 15) is 4.79 Å². The number of carboxylic acids is 1. The largest absolute Gasteiger partial charge is 0.481 e. The minimum atomic E-state index is -1.00. The van der Waals surface area contributed by atoms with E-state index in [1.54, 1.807) is 0 Å². The second-order valence-corrected chi connectivity index (χ2v) is 2.74. The highest BCUT2D eigenvalue weighted by Crippen LogP contribution is 2.10. The third-order valence-corrected chi connectivity index (χ3v) is 1.50. The number of nitrogens with zero attached hydrogens (tertiary/aromatic N) is 2. The number of carboxylic acid groups (broad SMARTS) is 1. The highest BCUT2D eigenvalue weighted by atomic mass is 35.5. The predicted molar refractivity (Wildman–Crippen MR) is 45.3 cm³/mol. The minimum Gasteiger partial charge on any atom is -0.481 e. The zero-order valence-corrected chi connectivity index (χ0v) is 7.25. The molecule has 0 fully saturated rings. The Morgan fingerprint density at radius 1 is 1.69 bits per heavy atom. The number of rotatable bonds is 2. The zero-order chi connectivity index (χ0) is 9.84. The lowest BCUT2D eigenvalue weighted by atomic mass is 10.2. The first-order chi connectivity index (χ1) is 6.11. The van der Waals surface area contributed by atoms with Gasteiger partial charge in [0.15, 0.2) is 0 Å². The lowest BCUT2D eigenvalue weighted by Gasteiger charge is -1.97. The predicted octanol–water partition coefficient (Wildman–Crippen LogP) is 1.23. The van der Waals surface area contributed by atoms with Crippen LogP contribution in [0.15, 0.2) is 12.1 Å². The molecular formula is C8H5ClN2O2. The van der Waals surface area contributed by atoms with Crippen molar-refractivity contribution < 1.29 is 9.90 Å². The molecule has 0 saturated heterocycles. The summed E-state index contributed by atoms with van der Waals surface area (Å²) in [7, 11) is 0. The van der Waals surface area contributed by atoms with E-state index < -0.39 is 5.97 Å². The number of aromatic nitrogens is 1. The molecule has 1 N–H and O–H groups in total. The Morgan fingerprint density at radius 2 is 2.38 bits per heavy atom. The van der Waals surface area contributed by atoms with Gasteiger partial charge in [0.25, 0.3) is 0 Å². The molecule has 0 aliphatic carbocycles. The Hall–Kier alpha value is -1.60. The molecule has 0 saturated carbocycles. The van der Waals surface area contributed by atoms with Gasteiger partial charge in [0.05, 0.1) is 23.7 Å². The van der Waals surface area contributed by atoms with Crippen LogP contribution in [0.5, 0.6) is 0 Å². The highest BCUT2D eigenvalue weighted by Gasteiger charge is 2.04. The van der Waals surface area contributed by atoms with Crippen LogP contribution in [0.2, 0.25) is 5.15 Å². The summed E-state index contributed by atoms with van der Waals surface area (Å²) in [6.45, 7) is 0. The maximum Gasteiger partial charge on any atom is 0.309 e. The van der Waals surface area contributed by atoms with Gasteiger partial charge in [0.1, 0.15) is 5.15 Å². The van der Waals surface area contributed by atoms with Gasteiger partial charge < -0.3 is 5.11 Å². The molecule has 1 rings (SSSR count). The van der Waals surface area contributed by atoms with Crippen LogP contribution in [0.25, 0.3) is 0 Å². The van der Waals surface area contributed by atoms with Crippen molar-refractivity contribution >= 4 is 17.6 Å². The SMILES string of the molecule is N#Cc1cc(Cl)nc(CC(=O)O)c1. The summed E-state index contributed by atoms with van der Waals surface area (Å²) in [5.74, 6) is -1.00. The number of halogens is 1. The van der Waals surface area contributed by atoms with Crippen LogP contribution in [0.3, 0.4) is 0 Å². The zero-order valence-electron chi connectivity index (χ0n) is 6.49. The molecule has 0 amide bonds. The molecule has 1 aromatic heterocycles. The maximum atomic E-state index is 10.3. The summed E-state index contributed by atoms with van der Waals surface area (Å²) in [4.78, 5) is 14.1. The molecule has 13 heavy (non-hydrogen) atoms. The topological polar surface area (TPSA) is 74.0 Å². The van der Waals surface area contributed by atoms with Gasteiger partial charge >= 0.3 is 5.97 Å². The first-order valence-corrected chi connectivity index (χ1v) is 3.78. The lowest BCUT2D eigenvalue weighted by molar-refractivity contribution is -0.136. The van der Waals surface area contributed by atoms with E-state index in [1.165, 1.54) is 12.1 Å². The molecule has 66 valence electrons. The van der Waals surface area contributed by atoms with Gasteiger partial charge in [-0.05, 0) is 12.1 Å². The summed E-state index contributed by atoms with van der Waals surface area (Å²) in [6, 6.07) is 4.65. The van der Waals surface area contributed by atoms with E-state index in [4.69, 9.17) is 22.0 Å². The number of aliphatic carboxylic acids is 1. The molecule has 0 aliphatic rings. The van der Waals surface area contributed by atoms with Crippen molar-refractivity contribution in [1.29, 1.82) is 5.26 Å². The Bertz CT molecular complexity index is 384. The first-order valence-electron chi connectivity index (χ1n) is 3.40. The molecule has 0 radical (unpaired) electrons. The van der Waals surface area contributed by atoms with E-state index in [-0.39, 0.29) is 17.3 Å². The summed E-state index contributed by atoms with van der Waals surface area (Å²) >= 11 is 5.56. The van der Waals surface area contributed by atoms with E-state index in [1.807, 2.05) is 6.07 Å². The summed E-state index contributed by atoms with van der Waals surface area (Å²) in [5, 5.41) is 17.1.